The number of aromatic amines is 1. The molecule has 0 spiro atoms. The number of H-pyrrole nitrogens is 1. The van der Waals surface area contributed by atoms with Crippen LogP contribution < -0.4 is 5.43 Å². The fraction of sp³-hybridized carbons (Fsp3) is 0.267. The van der Waals surface area contributed by atoms with Gasteiger partial charge in [0.25, 0.3) is 0 Å². The van der Waals surface area contributed by atoms with E-state index in [1.54, 1.807) is 18.2 Å². The Morgan fingerprint density at radius 2 is 1.87 bits per heavy atom. The Morgan fingerprint density at radius 3 is 2.55 bits per heavy atom. The molecule has 1 N–H and O–H groups in total. The predicted octanol–water partition coefficient (Wildman–Crippen LogP) is 6.83. The van der Waals surface area contributed by atoms with Crippen LogP contribution in [0.3, 0.4) is 0 Å². The third-order valence-electron chi connectivity index (χ3n) is 6.95. The number of benzene rings is 3. The lowest BCUT2D eigenvalue weighted by Gasteiger charge is -2.18. The van der Waals surface area contributed by atoms with Gasteiger partial charge in [0.15, 0.2) is 5.43 Å². The fourth-order valence-corrected chi connectivity index (χ4v) is 5.73. The van der Waals surface area contributed by atoms with E-state index in [2.05, 4.69) is 36.4 Å². The second-order valence-electron chi connectivity index (χ2n) is 10.1. The number of aromatic nitrogens is 2. The summed E-state index contributed by atoms with van der Waals surface area (Å²) in [4.78, 5) is 17.0. The van der Waals surface area contributed by atoms with E-state index in [1.165, 1.54) is 18.2 Å². The summed E-state index contributed by atoms with van der Waals surface area (Å²) in [6.07, 6.45) is 2.48. The summed E-state index contributed by atoms with van der Waals surface area (Å²) in [6.45, 7) is 6.90. The van der Waals surface area contributed by atoms with Gasteiger partial charge in [-0.15, -0.1) is 3.89 Å². The van der Waals surface area contributed by atoms with E-state index in [4.69, 9.17) is 0 Å². The van der Waals surface area contributed by atoms with Gasteiger partial charge >= 0.3 is 10.2 Å². The summed E-state index contributed by atoms with van der Waals surface area (Å²) in [5.41, 5.74) is 4.77. The topological polar surface area (TPSA) is 95.7 Å². The Morgan fingerprint density at radius 1 is 1.08 bits per heavy atom. The molecule has 0 saturated heterocycles. The molecule has 194 valence electrons. The van der Waals surface area contributed by atoms with Crippen LogP contribution in [0.25, 0.3) is 44.0 Å². The van der Waals surface area contributed by atoms with E-state index in [0.29, 0.717) is 40.5 Å². The maximum atomic E-state index is 14.0. The van der Waals surface area contributed by atoms with Gasteiger partial charge in [-0.25, -0.2) is 0 Å². The number of rotatable bonds is 7. The number of nitriles is 1. The first-order chi connectivity index (χ1) is 18.1. The summed E-state index contributed by atoms with van der Waals surface area (Å²) in [6, 6.07) is 17.2. The molecule has 0 aliphatic carbocycles. The maximum absolute atomic E-state index is 14.0. The number of hydrogen-bond acceptors (Lipinski definition) is 4. The second-order valence-corrected chi connectivity index (χ2v) is 11.5. The first-order valence-electron chi connectivity index (χ1n) is 12.7. The van der Waals surface area contributed by atoms with Crippen molar-refractivity contribution in [1.82, 2.24) is 9.55 Å². The van der Waals surface area contributed by atoms with Gasteiger partial charge in [-0.05, 0) is 71.8 Å². The Hall–Kier alpha value is -3.96. The lowest BCUT2D eigenvalue weighted by molar-refractivity contribution is 0.552. The normalized spacial score (nSPS) is 12.1. The molecule has 0 amide bonds. The number of nitrogens with one attached hydrogen (secondary N) is 1. The Kier molecular flexibility index (Phi) is 6.58. The molecule has 5 rings (SSSR count). The van der Waals surface area contributed by atoms with Gasteiger partial charge in [0.05, 0.1) is 27.4 Å². The van der Waals surface area contributed by atoms with E-state index < -0.39 is 15.1 Å². The monoisotopic (exact) mass is 529 g/mol. The summed E-state index contributed by atoms with van der Waals surface area (Å²) < 4.78 is 39.3. The minimum Gasteiger partial charge on any atom is -0.340 e. The Bertz CT molecular complexity index is 1930. The van der Waals surface area contributed by atoms with Crippen LogP contribution in [0.2, 0.25) is 0 Å². The first-order valence-corrected chi connectivity index (χ1v) is 14.1. The largest absolute Gasteiger partial charge is 0.340 e. The van der Waals surface area contributed by atoms with Gasteiger partial charge in [-0.1, -0.05) is 45.4 Å². The highest BCUT2D eigenvalue weighted by molar-refractivity contribution is 7.86. The molecule has 0 fully saturated rings. The summed E-state index contributed by atoms with van der Waals surface area (Å²) in [7, 11) is -4.87. The number of pyridine rings is 1. The number of fused-ring (bicyclic) bond motifs is 4. The van der Waals surface area contributed by atoms with Crippen LogP contribution in [0.4, 0.5) is 3.89 Å². The molecule has 2 heterocycles. The molecule has 6 nitrogen and oxygen atoms in total. The van der Waals surface area contributed by atoms with E-state index >= 15 is 0 Å². The second kappa shape index (κ2) is 9.73. The average molecular weight is 530 g/mol. The average Bonchev–Trinajstić information content (AvgIpc) is 3.26. The quantitative estimate of drug-likeness (QED) is 0.234. The van der Waals surface area contributed by atoms with Crippen LogP contribution in [-0.4, -0.2) is 18.0 Å². The van der Waals surface area contributed by atoms with Gasteiger partial charge < -0.3 is 9.55 Å². The number of hydrogen-bond donors (Lipinski definition) is 1. The van der Waals surface area contributed by atoms with Gasteiger partial charge in [0.1, 0.15) is 5.65 Å². The zero-order valence-corrected chi connectivity index (χ0v) is 22.3. The standard InChI is InChI=1S/C30H28FN3O3S/c1-4-5-11-34-27-16-24(20-7-6-8-22(14-20)38(31,36)37)21(12-18(2)3)15-25(27)29(35)28-23-10-9-19(17-32)13-26(23)33-30(28)34/h6-10,13-16,18,33H,4-5,11-12H2,1-3H3. The van der Waals surface area contributed by atoms with Crippen LogP contribution in [0.5, 0.6) is 0 Å². The summed E-state index contributed by atoms with van der Waals surface area (Å²) in [5, 5.41) is 11.3. The SMILES string of the molecule is CCCCn1c2cc(-c3cccc(S(=O)(=O)F)c3)c(CC(C)C)cc2c(=O)c2c3ccc(C#N)cc3[nH]c21. The molecule has 5 aromatic rings. The molecule has 8 heteroatoms. The molecule has 0 aliphatic rings. The van der Waals surface area contributed by atoms with Crippen LogP contribution in [0, 0.1) is 17.2 Å². The molecular weight excluding hydrogens is 501 g/mol. The third kappa shape index (κ3) is 4.48. The highest BCUT2D eigenvalue weighted by Crippen LogP contribution is 2.34. The number of nitrogens with zero attached hydrogens (tertiary/aromatic N) is 2. The van der Waals surface area contributed by atoms with Crippen molar-refractivity contribution >= 4 is 43.1 Å². The Balaban J connectivity index is 1.91. The highest BCUT2D eigenvalue weighted by Gasteiger charge is 2.20. The van der Waals surface area contributed by atoms with Crippen molar-refractivity contribution in [2.75, 3.05) is 0 Å². The van der Waals surface area contributed by atoms with Gasteiger partial charge in [0.2, 0.25) is 0 Å². The van der Waals surface area contributed by atoms with Crippen LogP contribution in [0.1, 0.15) is 44.7 Å². The maximum Gasteiger partial charge on any atom is 0.332 e. The van der Waals surface area contributed by atoms with Gasteiger partial charge in [-0.3, -0.25) is 4.79 Å². The molecule has 38 heavy (non-hydrogen) atoms. The predicted molar refractivity (Wildman–Crippen MR) is 149 cm³/mol. The van der Waals surface area contributed by atoms with Crippen molar-refractivity contribution < 1.29 is 12.3 Å². The van der Waals surface area contributed by atoms with Crippen molar-refractivity contribution in [2.24, 2.45) is 5.92 Å². The summed E-state index contributed by atoms with van der Waals surface area (Å²) >= 11 is 0. The van der Waals surface area contributed by atoms with Crippen molar-refractivity contribution in [1.29, 1.82) is 5.26 Å². The van der Waals surface area contributed by atoms with E-state index in [9.17, 15) is 22.4 Å². The molecule has 0 bridgehead atoms. The molecular formula is C30H28FN3O3S. The number of unbranched alkanes of at least 4 members (excludes halogenated alkanes) is 1. The number of aryl methyl sites for hydroxylation is 1. The van der Waals surface area contributed by atoms with Gasteiger partial charge in [-0.2, -0.15) is 13.7 Å². The first kappa shape index (κ1) is 25.7. The van der Waals surface area contributed by atoms with Crippen molar-refractivity contribution in [3.8, 4) is 17.2 Å². The third-order valence-corrected chi connectivity index (χ3v) is 7.77. The lowest BCUT2D eigenvalue weighted by atomic mass is 9.91. The highest BCUT2D eigenvalue weighted by atomic mass is 32.3. The van der Waals surface area contributed by atoms with Crippen LogP contribution in [0.15, 0.2) is 64.3 Å². The molecule has 0 atom stereocenters. The molecule has 3 aromatic carbocycles. The van der Waals surface area contributed by atoms with E-state index in [1.807, 2.05) is 18.2 Å². The van der Waals surface area contributed by atoms with Crippen molar-refractivity contribution in [2.45, 2.75) is 51.5 Å². The Labute approximate surface area is 220 Å². The minimum atomic E-state index is -4.87. The zero-order valence-electron chi connectivity index (χ0n) is 21.5. The fourth-order valence-electron chi connectivity index (χ4n) is 5.22. The minimum absolute atomic E-state index is 0.102. The van der Waals surface area contributed by atoms with Gasteiger partial charge in [0, 0.05) is 22.8 Å². The number of halogens is 1. The molecule has 0 unspecified atom stereocenters. The van der Waals surface area contributed by atoms with E-state index in [-0.39, 0.29) is 11.3 Å². The summed E-state index contributed by atoms with van der Waals surface area (Å²) in [5.74, 6) is 0.267. The molecule has 0 saturated carbocycles. The lowest BCUT2D eigenvalue weighted by Crippen LogP contribution is -2.12. The smallest absolute Gasteiger partial charge is 0.332 e. The van der Waals surface area contributed by atoms with E-state index in [0.717, 1.165) is 40.4 Å². The molecule has 0 aliphatic heterocycles. The molecule has 2 aromatic heterocycles. The molecule has 0 radical (unpaired) electrons. The van der Waals surface area contributed by atoms with Crippen LogP contribution in [-0.2, 0) is 23.2 Å². The van der Waals surface area contributed by atoms with Crippen molar-refractivity contribution in [3.05, 3.63) is 75.9 Å². The van der Waals surface area contributed by atoms with Crippen LogP contribution >= 0.6 is 0 Å². The zero-order chi connectivity index (χ0) is 27.2. The van der Waals surface area contributed by atoms with Crippen molar-refractivity contribution in [3.63, 3.8) is 0 Å².